The van der Waals surface area contributed by atoms with Gasteiger partial charge in [0.25, 0.3) is 5.91 Å². The zero-order valence-electron chi connectivity index (χ0n) is 17.3. The van der Waals surface area contributed by atoms with Gasteiger partial charge in [0.05, 0.1) is 19.3 Å². The molecular formula is C20H38N2O6. The Morgan fingerprint density at radius 1 is 0.893 bits per heavy atom. The Hall–Kier alpha value is -1.35. The molecule has 0 aliphatic rings. The van der Waals surface area contributed by atoms with Crippen molar-refractivity contribution >= 4 is 17.5 Å². The summed E-state index contributed by atoms with van der Waals surface area (Å²) in [6.45, 7) is 3.06. The summed E-state index contributed by atoms with van der Waals surface area (Å²) in [7, 11) is 0. The zero-order chi connectivity index (χ0) is 21.5. The molecule has 0 fully saturated rings. The van der Waals surface area contributed by atoms with Crippen molar-refractivity contribution in [2.45, 2.75) is 90.2 Å². The first-order valence-electron chi connectivity index (χ1n) is 10.3. The summed E-state index contributed by atoms with van der Waals surface area (Å²) in [4.78, 5) is 35.0. The number of nitrogens with zero attached hydrogens (tertiary/aromatic N) is 1. The Kier molecular flexibility index (Phi) is 14.8. The molecule has 0 bridgehead atoms. The van der Waals surface area contributed by atoms with E-state index in [-0.39, 0.29) is 36.6 Å². The number of hydrogen-bond donors (Lipinski definition) is 4. The van der Waals surface area contributed by atoms with Crippen LogP contribution in [-0.4, -0.2) is 63.3 Å². The van der Waals surface area contributed by atoms with Gasteiger partial charge in [-0.2, -0.15) is 0 Å². The Balaban J connectivity index is 3.65. The molecule has 3 atom stereocenters. The van der Waals surface area contributed by atoms with Gasteiger partial charge >= 0.3 is 0 Å². The number of rotatable bonds is 17. The first kappa shape index (κ1) is 26.6. The zero-order valence-corrected chi connectivity index (χ0v) is 17.3. The van der Waals surface area contributed by atoms with Gasteiger partial charge in [0.1, 0.15) is 17.6 Å². The Morgan fingerprint density at radius 2 is 1.39 bits per heavy atom. The minimum absolute atomic E-state index is 0.0454. The van der Waals surface area contributed by atoms with Crippen LogP contribution >= 0.6 is 0 Å². The molecule has 0 rings (SSSR count). The molecule has 28 heavy (non-hydrogen) atoms. The second-order valence-corrected chi connectivity index (χ2v) is 7.60. The molecule has 0 spiro atoms. The molecule has 0 aliphatic carbocycles. The molecule has 0 aromatic carbocycles. The maximum absolute atomic E-state index is 11.8. The van der Waals surface area contributed by atoms with Gasteiger partial charge in [-0.1, -0.05) is 19.8 Å². The summed E-state index contributed by atoms with van der Waals surface area (Å²) in [5.74, 6) is -0.386. The van der Waals surface area contributed by atoms with Crippen LogP contribution in [0.15, 0.2) is 0 Å². The van der Waals surface area contributed by atoms with E-state index in [1.54, 1.807) is 6.92 Å². The van der Waals surface area contributed by atoms with Crippen LogP contribution in [-0.2, 0) is 14.4 Å². The van der Waals surface area contributed by atoms with E-state index in [1.807, 2.05) is 6.92 Å². The van der Waals surface area contributed by atoms with Gasteiger partial charge in [-0.25, -0.2) is 5.06 Å². The van der Waals surface area contributed by atoms with Crippen molar-refractivity contribution in [3.8, 4) is 0 Å². The molecule has 1 amide bonds. The molecular weight excluding hydrogens is 364 g/mol. The molecule has 0 aromatic heterocycles. The van der Waals surface area contributed by atoms with Crippen LogP contribution in [0.3, 0.4) is 0 Å². The Bertz CT molecular complexity index is 470. The SMILES string of the molecule is CC(O)C(C)CCCC(=O)CCCCCCC(=O)CCN(O)C(=O)C(N)CO. The van der Waals surface area contributed by atoms with Crippen LogP contribution in [0.2, 0.25) is 0 Å². The number of nitrogens with two attached hydrogens (primary N) is 1. The van der Waals surface area contributed by atoms with Gasteiger partial charge in [-0.15, -0.1) is 0 Å². The number of aliphatic hydroxyl groups is 2. The fourth-order valence-corrected chi connectivity index (χ4v) is 2.72. The fourth-order valence-electron chi connectivity index (χ4n) is 2.72. The maximum atomic E-state index is 11.8. The fraction of sp³-hybridized carbons (Fsp3) is 0.850. The largest absolute Gasteiger partial charge is 0.394 e. The number of aliphatic hydroxyl groups excluding tert-OH is 2. The van der Waals surface area contributed by atoms with E-state index in [0.29, 0.717) is 30.7 Å². The number of hydrogen-bond acceptors (Lipinski definition) is 7. The van der Waals surface area contributed by atoms with Crippen LogP contribution in [0.4, 0.5) is 0 Å². The third-order valence-electron chi connectivity index (χ3n) is 4.97. The quantitative estimate of drug-likeness (QED) is 0.164. The summed E-state index contributed by atoms with van der Waals surface area (Å²) in [6.07, 6.45) is 6.15. The van der Waals surface area contributed by atoms with Crippen LogP contribution in [0.1, 0.15) is 78.1 Å². The van der Waals surface area contributed by atoms with Crippen molar-refractivity contribution in [3.63, 3.8) is 0 Å². The van der Waals surface area contributed by atoms with E-state index in [9.17, 15) is 24.7 Å². The summed E-state index contributed by atoms with van der Waals surface area (Å²) >= 11 is 0. The van der Waals surface area contributed by atoms with Crippen molar-refractivity contribution in [2.24, 2.45) is 11.7 Å². The summed E-state index contributed by atoms with van der Waals surface area (Å²) in [5, 5.41) is 28.0. The number of hydroxylamine groups is 2. The molecule has 8 heteroatoms. The van der Waals surface area contributed by atoms with E-state index < -0.39 is 18.6 Å². The summed E-state index contributed by atoms with van der Waals surface area (Å²) in [5.41, 5.74) is 5.30. The van der Waals surface area contributed by atoms with Crippen LogP contribution in [0.25, 0.3) is 0 Å². The lowest BCUT2D eigenvalue weighted by molar-refractivity contribution is -0.168. The minimum Gasteiger partial charge on any atom is -0.394 e. The highest BCUT2D eigenvalue weighted by molar-refractivity contribution is 5.82. The number of unbranched alkanes of at least 4 members (excludes halogenated alkanes) is 3. The summed E-state index contributed by atoms with van der Waals surface area (Å²) in [6, 6.07) is -1.18. The van der Waals surface area contributed by atoms with E-state index in [1.165, 1.54) is 0 Å². The molecule has 0 saturated heterocycles. The van der Waals surface area contributed by atoms with Crippen LogP contribution in [0.5, 0.6) is 0 Å². The molecule has 0 aliphatic heterocycles. The first-order chi connectivity index (χ1) is 13.2. The average molecular weight is 403 g/mol. The topological polar surface area (TPSA) is 141 Å². The van der Waals surface area contributed by atoms with Crippen molar-refractivity contribution in [1.29, 1.82) is 0 Å². The Labute approximate surface area is 168 Å². The van der Waals surface area contributed by atoms with E-state index in [2.05, 4.69) is 0 Å². The van der Waals surface area contributed by atoms with E-state index >= 15 is 0 Å². The summed E-state index contributed by atoms with van der Waals surface area (Å²) < 4.78 is 0. The van der Waals surface area contributed by atoms with Gasteiger partial charge in [0, 0.05) is 25.7 Å². The van der Waals surface area contributed by atoms with Gasteiger partial charge in [0.15, 0.2) is 0 Å². The van der Waals surface area contributed by atoms with Gasteiger partial charge < -0.3 is 15.9 Å². The van der Waals surface area contributed by atoms with Crippen molar-refractivity contribution in [1.82, 2.24) is 5.06 Å². The number of amides is 1. The number of ketones is 2. The van der Waals surface area contributed by atoms with E-state index in [0.717, 1.165) is 32.1 Å². The minimum atomic E-state index is -1.18. The lowest BCUT2D eigenvalue weighted by Gasteiger charge is -2.17. The van der Waals surface area contributed by atoms with Gasteiger partial charge in [-0.3, -0.25) is 19.6 Å². The van der Waals surface area contributed by atoms with Gasteiger partial charge in [0.2, 0.25) is 0 Å². The average Bonchev–Trinajstić information content (AvgIpc) is 2.67. The van der Waals surface area contributed by atoms with Crippen molar-refractivity contribution in [2.75, 3.05) is 13.2 Å². The molecule has 0 heterocycles. The lowest BCUT2D eigenvalue weighted by Crippen LogP contribution is -2.44. The second kappa shape index (κ2) is 15.6. The monoisotopic (exact) mass is 402 g/mol. The highest BCUT2D eigenvalue weighted by Gasteiger charge is 2.19. The molecule has 3 unspecified atom stereocenters. The molecule has 0 saturated carbocycles. The molecule has 164 valence electrons. The standard InChI is InChI=1S/C20H38N2O6/c1-15(16(2)24)8-7-11-17(25)9-5-3-4-6-10-18(26)12-13-22(28)20(27)19(21)14-23/h15-16,19,23-24,28H,3-14,21H2,1-2H3. The third-order valence-corrected chi connectivity index (χ3v) is 4.97. The first-order valence-corrected chi connectivity index (χ1v) is 10.3. The van der Waals surface area contributed by atoms with Gasteiger partial charge in [-0.05, 0) is 38.5 Å². The molecule has 0 aromatic rings. The highest BCUT2D eigenvalue weighted by atomic mass is 16.5. The van der Waals surface area contributed by atoms with Crippen molar-refractivity contribution < 1.29 is 29.8 Å². The number of carbonyl (C=O) groups is 3. The lowest BCUT2D eigenvalue weighted by atomic mass is 9.97. The predicted molar refractivity (Wildman–Crippen MR) is 106 cm³/mol. The third kappa shape index (κ3) is 12.9. The van der Waals surface area contributed by atoms with E-state index in [4.69, 9.17) is 10.8 Å². The van der Waals surface area contributed by atoms with Crippen molar-refractivity contribution in [3.05, 3.63) is 0 Å². The second-order valence-electron chi connectivity index (χ2n) is 7.60. The normalized spacial score (nSPS) is 14.4. The van der Waals surface area contributed by atoms with Crippen LogP contribution < -0.4 is 5.73 Å². The molecule has 0 radical (unpaired) electrons. The number of carbonyl (C=O) groups excluding carboxylic acids is 3. The molecule has 8 nitrogen and oxygen atoms in total. The molecule has 5 N–H and O–H groups in total. The highest BCUT2D eigenvalue weighted by Crippen LogP contribution is 2.14. The smallest absolute Gasteiger partial charge is 0.265 e. The van der Waals surface area contributed by atoms with Crippen LogP contribution in [0, 0.1) is 5.92 Å². The predicted octanol–water partition coefficient (Wildman–Crippen LogP) is 1.58. The number of Topliss-reactive ketones (excluding diaryl/α,β-unsaturated/α-hetero) is 2. The Morgan fingerprint density at radius 3 is 1.89 bits per heavy atom. The maximum Gasteiger partial charge on any atom is 0.265 e.